The van der Waals surface area contributed by atoms with Crippen LogP contribution < -0.4 is 22.9 Å². The van der Waals surface area contributed by atoms with Gasteiger partial charge in [0.15, 0.2) is 20.7 Å². The van der Waals surface area contributed by atoms with Gasteiger partial charge in [-0.1, -0.05) is 83.4 Å². The summed E-state index contributed by atoms with van der Waals surface area (Å²) < 4.78 is 0. The molecule has 2 aromatic rings. The number of benzene rings is 2. The topological polar surface area (TPSA) is 199 Å². The van der Waals surface area contributed by atoms with Crippen LogP contribution in [0.5, 0.6) is 0 Å². The van der Waals surface area contributed by atoms with Crippen LogP contribution in [0.4, 0.5) is 0 Å². The Labute approximate surface area is 204 Å². The molecule has 0 aliphatic heterocycles. The summed E-state index contributed by atoms with van der Waals surface area (Å²) in [5.41, 5.74) is 28.4. The summed E-state index contributed by atoms with van der Waals surface area (Å²) in [5, 5.41) is 30.7. The summed E-state index contributed by atoms with van der Waals surface area (Å²) in [5.74, 6) is 2.04. The van der Waals surface area contributed by atoms with Crippen LogP contribution in [0.25, 0.3) is 11.1 Å². The fourth-order valence-electron chi connectivity index (χ4n) is 3.05. The van der Waals surface area contributed by atoms with Crippen LogP contribution in [0.15, 0.2) is 36.4 Å². The molecule has 0 spiro atoms. The third-order valence-corrected chi connectivity index (χ3v) is 7.32. The molecule has 0 heterocycles. The normalized spacial score (nSPS) is 10.6. The fraction of sp³-hybridized carbons (Fsp3) is 0.200. The van der Waals surface area contributed by atoms with E-state index < -0.39 is 0 Å². The van der Waals surface area contributed by atoms with Crippen LogP contribution in [-0.2, 0) is 23.0 Å². The van der Waals surface area contributed by atoms with E-state index in [4.69, 9.17) is 44.6 Å². The van der Waals surface area contributed by atoms with Gasteiger partial charge in [-0.05, 0) is 33.4 Å². The van der Waals surface area contributed by atoms with Gasteiger partial charge in [0.1, 0.15) is 0 Å². The second-order valence-electron chi connectivity index (χ2n) is 6.51. The van der Waals surface area contributed by atoms with Gasteiger partial charge < -0.3 is 22.9 Å². The molecule has 0 aliphatic rings. The van der Waals surface area contributed by atoms with Crippen molar-refractivity contribution >= 4 is 67.7 Å². The first-order chi connectivity index (χ1) is 15.2. The Morgan fingerprint density at radius 1 is 0.500 bits per heavy atom. The van der Waals surface area contributed by atoms with Gasteiger partial charge in [-0.3, -0.25) is 21.6 Å². The minimum atomic E-state index is 0.0345. The van der Waals surface area contributed by atoms with E-state index in [-0.39, 0.29) is 20.7 Å². The van der Waals surface area contributed by atoms with E-state index in [1.165, 1.54) is 47.0 Å². The van der Waals surface area contributed by atoms with E-state index in [0.29, 0.717) is 23.0 Å². The third kappa shape index (κ3) is 8.01. The van der Waals surface area contributed by atoms with E-state index >= 15 is 0 Å². The Balaban J connectivity index is 2.71. The highest BCUT2D eigenvalue weighted by molar-refractivity contribution is 8.13. The maximum Gasteiger partial charge on any atom is 0.151 e. The average Bonchev–Trinajstić information content (AvgIpc) is 2.73. The molecule has 0 bridgehead atoms. The van der Waals surface area contributed by atoms with Crippen molar-refractivity contribution in [3.8, 4) is 11.1 Å². The quantitative estimate of drug-likeness (QED) is 0.185. The zero-order valence-corrected chi connectivity index (χ0v) is 20.5. The standard InChI is InChI=1S/C20H26N8S4/c21-17(22)29-7-11-3-1-4-12(8-30-18(23)24)15(11)16-13(9-31-19(25)26)5-2-6-14(16)10-32-20(27)28/h1-6H,7-10H2,(H3,21,22)(H3,23,24)(H3,25,26)(H3,27,28). The van der Waals surface area contributed by atoms with Crippen molar-refractivity contribution in [2.24, 2.45) is 22.9 Å². The molecule has 170 valence electrons. The fourth-order valence-corrected chi connectivity index (χ4v) is 5.26. The zero-order valence-electron chi connectivity index (χ0n) is 17.2. The van der Waals surface area contributed by atoms with Gasteiger partial charge in [0.25, 0.3) is 0 Å². The molecule has 0 saturated carbocycles. The molecule has 0 atom stereocenters. The molecule has 8 nitrogen and oxygen atoms in total. The molecule has 12 N–H and O–H groups in total. The number of nitrogens with two attached hydrogens (primary N) is 4. The van der Waals surface area contributed by atoms with Gasteiger partial charge in [0.05, 0.1) is 0 Å². The van der Waals surface area contributed by atoms with Gasteiger partial charge in [-0.25, -0.2) is 0 Å². The summed E-state index contributed by atoms with van der Waals surface area (Å²) in [6.45, 7) is 0. The summed E-state index contributed by atoms with van der Waals surface area (Å²) in [6, 6.07) is 11.9. The molecule has 2 rings (SSSR count). The molecule has 0 radical (unpaired) electrons. The van der Waals surface area contributed by atoms with Crippen LogP contribution in [0.3, 0.4) is 0 Å². The van der Waals surface area contributed by atoms with Crippen molar-refractivity contribution < 1.29 is 0 Å². The van der Waals surface area contributed by atoms with Crippen molar-refractivity contribution in [3.63, 3.8) is 0 Å². The molecule has 0 aliphatic carbocycles. The number of hydrogen-bond acceptors (Lipinski definition) is 8. The van der Waals surface area contributed by atoms with E-state index in [2.05, 4.69) is 0 Å². The Morgan fingerprint density at radius 3 is 0.906 bits per heavy atom. The van der Waals surface area contributed by atoms with Gasteiger partial charge in [-0.2, -0.15) is 0 Å². The van der Waals surface area contributed by atoms with Crippen LogP contribution in [-0.4, -0.2) is 20.7 Å². The van der Waals surface area contributed by atoms with Gasteiger partial charge in [0, 0.05) is 23.0 Å². The molecule has 12 heteroatoms. The first kappa shape index (κ1) is 26.0. The second-order valence-corrected chi connectivity index (χ2v) is 10.6. The monoisotopic (exact) mass is 506 g/mol. The molecular weight excluding hydrogens is 481 g/mol. The lowest BCUT2D eigenvalue weighted by Crippen LogP contribution is -2.09. The highest BCUT2D eigenvalue weighted by atomic mass is 32.2. The molecule has 0 fully saturated rings. The highest BCUT2D eigenvalue weighted by Crippen LogP contribution is 2.39. The molecule has 0 saturated heterocycles. The summed E-state index contributed by atoms with van der Waals surface area (Å²) >= 11 is 4.97. The van der Waals surface area contributed by atoms with Gasteiger partial charge in [0.2, 0.25) is 0 Å². The minimum Gasteiger partial charge on any atom is -0.379 e. The summed E-state index contributed by atoms with van der Waals surface area (Å²) in [7, 11) is 0. The van der Waals surface area contributed by atoms with Gasteiger partial charge in [-0.15, -0.1) is 0 Å². The highest BCUT2D eigenvalue weighted by Gasteiger charge is 2.19. The van der Waals surface area contributed by atoms with Crippen molar-refractivity contribution in [1.82, 2.24) is 0 Å². The van der Waals surface area contributed by atoms with E-state index in [1.807, 2.05) is 36.4 Å². The van der Waals surface area contributed by atoms with E-state index in [1.54, 1.807) is 0 Å². The molecule has 32 heavy (non-hydrogen) atoms. The third-order valence-electron chi connectivity index (χ3n) is 4.26. The first-order valence-electron chi connectivity index (χ1n) is 9.28. The van der Waals surface area contributed by atoms with Crippen LogP contribution in [0.2, 0.25) is 0 Å². The number of nitrogens with one attached hydrogen (secondary N) is 4. The molecule has 0 amide bonds. The largest absolute Gasteiger partial charge is 0.379 e. The lowest BCUT2D eigenvalue weighted by molar-refractivity contribution is 1.27. The second kappa shape index (κ2) is 12.7. The van der Waals surface area contributed by atoms with Crippen LogP contribution >= 0.6 is 47.0 Å². The Hall–Kier alpha value is -2.28. The van der Waals surface area contributed by atoms with Crippen molar-refractivity contribution in [3.05, 3.63) is 58.7 Å². The minimum absolute atomic E-state index is 0.0345. The smallest absolute Gasteiger partial charge is 0.151 e. The predicted octanol–water partition coefficient (Wildman–Crippen LogP) is 3.86. The number of hydrogen-bond donors (Lipinski definition) is 8. The Kier molecular flexibility index (Phi) is 10.3. The summed E-state index contributed by atoms with van der Waals surface area (Å²) in [4.78, 5) is 0. The lowest BCUT2D eigenvalue weighted by atomic mass is 9.89. The number of thioether (sulfide) groups is 4. The maximum atomic E-state index is 7.63. The summed E-state index contributed by atoms with van der Waals surface area (Å²) in [6.07, 6.45) is 0. The predicted molar refractivity (Wildman–Crippen MR) is 145 cm³/mol. The van der Waals surface area contributed by atoms with Crippen molar-refractivity contribution in [2.75, 3.05) is 0 Å². The first-order valence-corrected chi connectivity index (χ1v) is 13.2. The van der Waals surface area contributed by atoms with Crippen molar-refractivity contribution in [1.29, 1.82) is 21.6 Å². The molecular formula is C20H26N8S4. The Morgan fingerprint density at radius 2 is 0.719 bits per heavy atom. The number of amidine groups is 4. The number of rotatable bonds is 9. The SMILES string of the molecule is N=C(N)SCc1cccc(CSC(=N)N)c1-c1c(CSC(=N)N)cccc1CSC(=N)N. The van der Waals surface area contributed by atoms with E-state index in [9.17, 15) is 0 Å². The molecule has 2 aromatic carbocycles. The lowest BCUT2D eigenvalue weighted by Gasteiger charge is -2.21. The van der Waals surface area contributed by atoms with Crippen LogP contribution in [0.1, 0.15) is 22.3 Å². The van der Waals surface area contributed by atoms with E-state index in [0.717, 1.165) is 33.4 Å². The van der Waals surface area contributed by atoms with Crippen LogP contribution in [0, 0.1) is 21.6 Å². The zero-order chi connectivity index (χ0) is 23.7. The maximum absolute atomic E-state index is 7.63. The Bertz CT molecular complexity index is 871. The molecule has 0 aromatic heterocycles. The van der Waals surface area contributed by atoms with Gasteiger partial charge >= 0.3 is 0 Å². The molecule has 0 unspecified atom stereocenters. The average molecular weight is 507 g/mol. The van der Waals surface area contributed by atoms with Crippen molar-refractivity contribution in [2.45, 2.75) is 23.0 Å².